The Balaban J connectivity index is 2.95. The number of hydrogen-bond acceptors (Lipinski definition) is 14. The van der Waals surface area contributed by atoms with Gasteiger partial charge in [-0.15, -0.1) is 5.10 Å². The summed E-state index contributed by atoms with van der Waals surface area (Å²) in [4.78, 5) is 52.3. The molecule has 2 amide bonds. The molecule has 0 bridgehead atoms. The zero-order valence-corrected chi connectivity index (χ0v) is 38.3. The van der Waals surface area contributed by atoms with Crippen LogP contribution in [0.25, 0.3) is 0 Å². The van der Waals surface area contributed by atoms with Gasteiger partial charge >= 0.3 is 11.9 Å². The Morgan fingerprint density at radius 2 is 1.16 bits per heavy atom. The number of aliphatic hydroxyl groups is 5. The summed E-state index contributed by atoms with van der Waals surface area (Å²) in [5.41, 5.74) is 0. The van der Waals surface area contributed by atoms with E-state index in [1.54, 1.807) is 0 Å². The van der Waals surface area contributed by atoms with E-state index in [0.717, 1.165) is 81.7 Å². The van der Waals surface area contributed by atoms with Crippen molar-refractivity contribution in [3.8, 4) is 0 Å². The fourth-order valence-electron chi connectivity index (χ4n) is 6.60. The number of ether oxygens (including phenoxy) is 2. The Morgan fingerprint density at radius 1 is 0.672 bits per heavy atom. The first kappa shape index (κ1) is 56.2. The maximum atomic E-state index is 13.6. The molecule has 0 fully saturated rings. The molecule has 1 heterocycles. The number of hydrogen-bond donors (Lipinski definition) is 7. The second-order valence-electron chi connectivity index (χ2n) is 16.2. The molecular formula is C44H81N5O11S. The summed E-state index contributed by atoms with van der Waals surface area (Å²) in [7, 11) is 0. The van der Waals surface area contributed by atoms with Crippen LogP contribution in [0.1, 0.15) is 175 Å². The molecule has 1 aromatic heterocycles. The van der Waals surface area contributed by atoms with Crippen molar-refractivity contribution in [1.29, 1.82) is 0 Å². The van der Waals surface area contributed by atoms with Gasteiger partial charge in [0.1, 0.15) is 43.2 Å². The van der Waals surface area contributed by atoms with Gasteiger partial charge in [-0.2, -0.15) is 11.8 Å². The highest BCUT2D eigenvalue weighted by Crippen LogP contribution is 2.16. The third-order valence-corrected chi connectivity index (χ3v) is 11.6. The van der Waals surface area contributed by atoms with Crippen LogP contribution in [0, 0.1) is 0 Å². The molecule has 7 N–H and O–H groups in total. The van der Waals surface area contributed by atoms with Crippen LogP contribution in [0.2, 0.25) is 0 Å². The highest BCUT2D eigenvalue weighted by molar-refractivity contribution is 7.99. The standard InChI is InChI=1S/C44H81N5O11S/c1-4-7-10-13-16-19-22-25-39(53)45-35(44(58)46-38-29-49(48-47-38)28-36(51)42(56)43(57)37(52)30-50)33-61-32-34(60-41(55)27-24-21-18-15-12-9-6-3)31-59-40(54)26-23-20-17-14-11-8-5-2/h29,34-37,42-43,50-52,56-57H,4-28,30-33H2,1-3H3,(H,45,53)(H,46,58). The Hall–Kier alpha value is -2.83. The van der Waals surface area contributed by atoms with Crippen LogP contribution in [0.4, 0.5) is 5.82 Å². The average molecular weight is 888 g/mol. The van der Waals surface area contributed by atoms with Gasteiger partial charge in [-0.05, 0) is 19.3 Å². The van der Waals surface area contributed by atoms with Crippen molar-refractivity contribution in [2.75, 3.05) is 30.0 Å². The second kappa shape index (κ2) is 36.6. The largest absolute Gasteiger partial charge is 0.462 e. The van der Waals surface area contributed by atoms with Crippen molar-refractivity contribution in [2.45, 2.75) is 218 Å². The van der Waals surface area contributed by atoms with Gasteiger partial charge in [0.15, 0.2) is 5.82 Å². The third-order valence-electron chi connectivity index (χ3n) is 10.4. The Labute approximate surface area is 369 Å². The zero-order chi connectivity index (χ0) is 45.1. The number of aromatic nitrogens is 3. The Kier molecular flexibility index (Phi) is 33.7. The van der Waals surface area contributed by atoms with Crippen molar-refractivity contribution in [3.05, 3.63) is 6.20 Å². The first-order valence-electron chi connectivity index (χ1n) is 23.2. The predicted molar refractivity (Wildman–Crippen MR) is 238 cm³/mol. The summed E-state index contributed by atoms with van der Waals surface area (Å²) in [5.74, 6) is -1.33. The molecule has 354 valence electrons. The first-order chi connectivity index (χ1) is 29.4. The van der Waals surface area contributed by atoms with Gasteiger partial charge in [0.25, 0.3) is 0 Å². The topological polar surface area (TPSA) is 243 Å². The quantitative estimate of drug-likeness (QED) is 0.0307. The molecule has 0 spiro atoms. The summed E-state index contributed by atoms with van der Waals surface area (Å²) in [6, 6.07) is -1.03. The van der Waals surface area contributed by atoms with E-state index in [4.69, 9.17) is 14.6 Å². The molecule has 16 nitrogen and oxygen atoms in total. The fourth-order valence-corrected chi connectivity index (χ4v) is 7.64. The molecule has 1 rings (SSSR count). The summed E-state index contributed by atoms with van der Waals surface area (Å²) in [6.07, 6.45) is 16.5. The third kappa shape index (κ3) is 28.5. The number of nitrogens with one attached hydrogen (secondary N) is 2. The van der Waals surface area contributed by atoms with Gasteiger partial charge in [-0.1, -0.05) is 142 Å². The zero-order valence-electron chi connectivity index (χ0n) is 37.5. The molecule has 61 heavy (non-hydrogen) atoms. The molecule has 6 unspecified atom stereocenters. The molecule has 0 aliphatic rings. The molecule has 0 saturated carbocycles. The van der Waals surface area contributed by atoms with E-state index >= 15 is 0 Å². The summed E-state index contributed by atoms with van der Waals surface area (Å²) in [5, 5.41) is 62.3. The second-order valence-corrected chi connectivity index (χ2v) is 17.3. The van der Waals surface area contributed by atoms with E-state index in [9.17, 15) is 39.6 Å². The number of aliphatic hydroxyl groups excluding tert-OH is 5. The van der Waals surface area contributed by atoms with E-state index in [1.165, 1.54) is 62.9 Å². The SMILES string of the molecule is CCCCCCCCCC(=O)NC(CSCC(COC(=O)CCCCCCCCC)OC(=O)CCCCCCCCC)C(=O)Nc1cn(CC(O)C(O)C(O)C(O)CO)nn1. The summed E-state index contributed by atoms with van der Waals surface area (Å²) < 4.78 is 12.5. The van der Waals surface area contributed by atoms with Gasteiger partial charge in [0.2, 0.25) is 11.8 Å². The lowest BCUT2D eigenvalue weighted by Gasteiger charge is -2.25. The molecule has 1 aromatic rings. The Morgan fingerprint density at radius 3 is 1.70 bits per heavy atom. The highest BCUT2D eigenvalue weighted by Gasteiger charge is 2.31. The van der Waals surface area contributed by atoms with Crippen molar-refractivity contribution >= 4 is 41.3 Å². The molecule has 6 atom stereocenters. The Bertz CT molecular complexity index is 1290. The van der Waals surface area contributed by atoms with E-state index in [0.29, 0.717) is 12.8 Å². The molecule has 0 saturated heterocycles. The highest BCUT2D eigenvalue weighted by atomic mass is 32.2. The fraction of sp³-hybridized carbons (Fsp3) is 0.864. The predicted octanol–water partition coefficient (Wildman–Crippen LogP) is 5.75. The lowest BCUT2D eigenvalue weighted by atomic mass is 10.0. The molecular weight excluding hydrogens is 807 g/mol. The lowest BCUT2D eigenvalue weighted by Crippen LogP contribution is -2.47. The minimum Gasteiger partial charge on any atom is -0.462 e. The van der Waals surface area contributed by atoms with Gasteiger partial charge in [0, 0.05) is 30.8 Å². The van der Waals surface area contributed by atoms with Gasteiger partial charge in [-0.25, -0.2) is 4.68 Å². The molecule has 0 aromatic carbocycles. The molecule has 0 aliphatic heterocycles. The van der Waals surface area contributed by atoms with Crippen LogP contribution < -0.4 is 10.6 Å². The van der Waals surface area contributed by atoms with Crippen LogP contribution >= 0.6 is 11.8 Å². The smallest absolute Gasteiger partial charge is 0.306 e. The normalized spacial score (nSPS) is 14.4. The van der Waals surface area contributed by atoms with Crippen molar-refractivity contribution in [3.63, 3.8) is 0 Å². The van der Waals surface area contributed by atoms with Crippen LogP contribution in [-0.4, -0.2) is 126 Å². The van der Waals surface area contributed by atoms with Gasteiger partial charge < -0.3 is 45.6 Å². The molecule has 0 aliphatic carbocycles. The number of amides is 2. The van der Waals surface area contributed by atoms with Crippen LogP contribution in [0.3, 0.4) is 0 Å². The number of carbonyl (C=O) groups is 4. The number of esters is 2. The van der Waals surface area contributed by atoms with E-state index < -0.39 is 49.1 Å². The number of nitrogens with zero attached hydrogens (tertiary/aromatic N) is 3. The van der Waals surface area contributed by atoms with E-state index in [1.807, 2.05) is 0 Å². The first-order valence-corrected chi connectivity index (χ1v) is 24.4. The summed E-state index contributed by atoms with van der Waals surface area (Å²) in [6.45, 7) is 5.20. The maximum absolute atomic E-state index is 13.6. The van der Waals surface area contributed by atoms with Crippen LogP contribution in [0.15, 0.2) is 6.20 Å². The minimum atomic E-state index is -1.82. The number of anilines is 1. The average Bonchev–Trinajstić information content (AvgIpc) is 3.69. The van der Waals surface area contributed by atoms with Crippen molar-refractivity contribution in [2.24, 2.45) is 0 Å². The van der Waals surface area contributed by atoms with Crippen molar-refractivity contribution in [1.82, 2.24) is 20.3 Å². The number of carbonyl (C=O) groups excluding carboxylic acids is 4. The van der Waals surface area contributed by atoms with Crippen LogP contribution in [-0.2, 0) is 35.2 Å². The molecule has 17 heteroatoms. The number of thioether (sulfide) groups is 1. The number of rotatable bonds is 40. The minimum absolute atomic E-state index is 0.0102. The lowest BCUT2D eigenvalue weighted by molar-refractivity contribution is -0.157. The summed E-state index contributed by atoms with van der Waals surface area (Å²) >= 11 is 1.27. The monoisotopic (exact) mass is 888 g/mol. The number of unbranched alkanes of at least 4 members (excludes halogenated alkanes) is 18. The maximum Gasteiger partial charge on any atom is 0.306 e. The molecule has 0 radical (unpaired) electrons. The van der Waals surface area contributed by atoms with E-state index in [2.05, 4.69) is 41.7 Å². The van der Waals surface area contributed by atoms with Crippen LogP contribution in [0.5, 0.6) is 0 Å². The van der Waals surface area contributed by atoms with E-state index in [-0.39, 0.29) is 67.6 Å². The van der Waals surface area contributed by atoms with Gasteiger partial charge in [-0.3, -0.25) is 19.2 Å². The van der Waals surface area contributed by atoms with Crippen molar-refractivity contribution < 1.29 is 54.2 Å². The van der Waals surface area contributed by atoms with Gasteiger partial charge in [0.05, 0.1) is 19.3 Å².